The molecule has 1 saturated carbocycles. The van der Waals surface area contributed by atoms with Gasteiger partial charge >= 0.3 is 5.97 Å². The number of esters is 1. The second-order valence-electron chi connectivity index (χ2n) is 5.16. The van der Waals surface area contributed by atoms with E-state index < -0.39 is 5.91 Å². The molecular weight excluding hydrogens is 256 g/mol. The molecule has 0 radical (unpaired) electrons. The standard InChI is InChI=1S/C15H20N2O3/c1-10(15(19)20-2)17(13-7-8-13)9-11-3-5-12(6-4-11)14(16)18/h3-6,10,13H,7-9H2,1-2H3,(H2,16,18)/t10-/m1/s1. The molecule has 2 N–H and O–H groups in total. The molecule has 0 saturated heterocycles. The first kappa shape index (κ1) is 14.5. The monoisotopic (exact) mass is 276 g/mol. The van der Waals surface area contributed by atoms with E-state index in [9.17, 15) is 9.59 Å². The first-order valence-electron chi connectivity index (χ1n) is 6.75. The van der Waals surface area contributed by atoms with Crippen LogP contribution in [0.2, 0.25) is 0 Å². The second-order valence-corrected chi connectivity index (χ2v) is 5.16. The van der Waals surface area contributed by atoms with Gasteiger partial charge < -0.3 is 10.5 Å². The van der Waals surface area contributed by atoms with Crippen molar-refractivity contribution in [2.45, 2.75) is 38.4 Å². The SMILES string of the molecule is COC(=O)[C@@H](C)N(Cc1ccc(C(N)=O)cc1)C1CC1. The molecule has 1 aromatic rings. The maximum Gasteiger partial charge on any atom is 0.322 e. The van der Waals surface area contributed by atoms with Crippen molar-refractivity contribution in [3.63, 3.8) is 0 Å². The summed E-state index contributed by atoms with van der Waals surface area (Å²) >= 11 is 0. The molecule has 1 aromatic carbocycles. The molecule has 0 bridgehead atoms. The lowest BCUT2D eigenvalue weighted by molar-refractivity contribution is -0.146. The maximum absolute atomic E-state index is 11.7. The summed E-state index contributed by atoms with van der Waals surface area (Å²) in [5.74, 6) is -0.649. The number of hydrogen-bond donors (Lipinski definition) is 1. The van der Waals surface area contributed by atoms with Crippen molar-refractivity contribution in [3.05, 3.63) is 35.4 Å². The van der Waals surface area contributed by atoms with Gasteiger partial charge in [0.1, 0.15) is 6.04 Å². The minimum absolute atomic E-state index is 0.217. The second kappa shape index (κ2) is 6.05. The van der Waals surface area contributed by atoms with E-state index >= 15 is 0 Å². The molecule has 1 aliphatic carbocycles. The van der Waals surface area contributed by atoms with E-state index in [1.807, 2.05) is 19.1 Å². The summed E-state index contributed by atoms with van der Waals surface area (Å²) in [4.78, 5) is 24.9. The fourth-order valence-electron chi connectivity index (χ4n) is 2.28. The molecule has 1 fully saturated rings. The van der Waals surface area contributed by atoms with Gasteiger partial charge in [-0.3, -0.25) is 14.5 Å². The lowest BCUT2D eigenvalue weighted by Crippen LogP contribution is -2.40. The van der Waals surface area contributed by atoms with E-state index in [0.29, 0.717) is 18.2 Å². The molecule has 1 aliphatic rings. The van der Waals surface area contributed by atoms with Crippen LogP contribution in [0.15, 0.2) is 24.3 Å². The minimum atomic E-state index is -0.432. The number of rotatable bonds is 6. The Morgan fingerprint density at radius 2 is 1.95 bits per heavy atom. The summed E-state index contributed by atoms with van der Waals surface area (Å²) < 4.78 is 4.82. The number of hydrogen-bond acceptors (Lipinski definition) is 4. The molecule has 0 aliphatic heterocycles. The van der Waals surface area contributed by atoms with Crippen LogP contribution in [0.5, 0.6) is 0 Å². The van der Waals surface area contributed by atoms with Crippen LogP contribution < -0.4 is 5.73 Å². The van der Waals surface area contributed by atoms with Crippen LogP contribution in [-0.4, -0.2) is 36.0 Å². The van der Waals surface area contributed by atoms with Crippen molar-refractivity contribution >= 4 is 11.9 Å². The van der Waals surface area contributed by atoms with Gasteiger partial charge in [0.25, 0.3) is 0 Å². The number of methoxy groups -OCH3 is 1. The van der Waals surface area contributed by atoms with Crippen molar-refractivity contribution in [1.82, 2.24) is 4.90 Å². The number of primary amides is 1. The highest BCUT2D eigenvalue weighted by Gasteiger charge is 2.35. The summed E-state index contributed by atoms with van der Waals surface area (Å²) in [6, 6.07) is 7.36. The van der Waals surface area contributed by atoms with Gasteiger partial charge in [-0.1, -0.05) is 12.1 Å². The zero-order valence-corrected chi connectivity index (χ0v) is 11.8. The molecule has 5 nitrogen and oxygen atoms in total. The highest BCUT2D eigenvalue weighted by Crippen LogP contribution is 2.30. The van der Waals surface area contributed by atoms with Gasteiger partial charge in [0.2, 0.25) is 5.91 Å². The number of ether oxygens (including phenoxy) is 1. The molecule has 1 amide bonds. The van der Waals surface area contributed by atoms with Crippen molar-refractivity contribution in [1.29, 1.82) is 0 Å². The van der Waals surface area contributed by atoms with Gasteiger partial charge in [0.05, 0.1) is 7.11 Å². The van der Waals surface area contributed by atoms with Crippen molar-refractivity contribution < 1.29 is 14.3 Å². The van der Waals surface area contributed by atoms with Crippen LogP contribution >= 0.6 is 0 Å². The van der Waals surface area contributed by atoms with Crippen LogP contribution in [0, 0.1) is 0 Å². The van der Waals surface area contributed by atoms with E-state index in [4.69, 9.17) is 10.5 Å². The summed E-state index contributed by atoms with van der Waals surface area (Å²) in [6.07, 6.45) is 2.22. The van der Waals surface area contributed by atoms with E-state index in [0.717, 1.165) is 18.4 Å². The van der Waals surface area contributed by atoms with Gasteiger partial charge in [0, 0.05) is 18.2 Å². The molecule has 0 spiro atoms. The molecule has 0 aromatic heterocycles. The Balaban J connectivity index is 2.08. The summed E-state index contributed by atoms with van der Waals surface area (Å²) in [5, 5.41) is 0. The number of carbonyl (C=O) groups is 2. The normalized spacial score (nSPS) is 15.9. The topological polar surface area (TPSA) is 72.6 Å². The summed E-state index contributed by atoms with van der Waals surface area (Å²) in [7, 11) is 1.41. The zero-order chi connectivity index (χ0) is 14.7. The van der Waals surface area contributed by atoms with Crippen molar-refractivity contribution in [2.24, 2.45) is 5.73 Å². The average molecular weight is 276 g/mol. The lowest BCUT2D eigenvalue weighted by Gasteiger charge is -2.27. The molecule has 108 valence electrons. The van der Waals surface area contributed by atoms with Gasteiger partial charge in [-0.05, 0) is 37.5 Å². The Morgan fingerprint density at radius 3 is 2.40 bits per heavy atom. The Kier molecular flexibility index (Phi) is 4.39. The Hall–Kier alpha value is -1.88. The summed E-state index contributed by atoms with van der Waals surface area (Å²) in [6.45, 7) is 2.53. The molecule has 5 heteroatoms. The Bertz CT molecular complexity index is 494. The van der Waals surface area contributed by atoms with Crippen LogP contribution in [-0.2, 0) is 16.1 Å². The third-order valence-electron chi connectivity index (χ3n) is 3.66. The number of amides is 1. The Labute approximate surface area is 118 Å². The highest BCUT2D eigenvalue weighted by molar-refractivity contribution is 5.92. The van der Waals surface area contributed by atoms with Crippen molar-refractivity contribution in [3.8, 4) is 0 Å². The fourth-order valence-corrected chi connectivity index (χ4v) is 2.28. The van der Waals surface area contributed by atoms with Gasteiger partial charge in [-0.15, -0.1) is 0 Å². The lowest BCUT2D eigenvalue weighted by atomic mass is 10.1. The third kappa shape index (κ3) is 3.36. The molecule has 0 heterocycles. The van der Waals surface area contributed by atoms with Crippen molar-refractivity contribution in [2.75, 3.05) is 7.11 Å². The molecular formula is C15H20N2O3. The molecule has 0 unspecified atom stereocenters. The molecule has 2 rings (SSSR count). The number of benzene rings is 1. The van der Waals surface area contributed by atoms with Gasteiger partial charge in [0.15, 0.2) is 0 Å². The predicted molar refractivity (Wildman–Crippen MR) is 75.0 cm³/mol. The zero-order valence-electron chi connectivity index (χ0n) is 11.8. The molecule has 20 heavy (non-hydrogen) atoms. The molecule has 1 atom stereocenters. The van der Waals surface area contributed by atoms with Gasteiger partial charge in [-0.2, -0.15) is 0 Å². The van der Waals surface area contributed by atoms with Crippen LogP contribution in [0.1, 0.15) is 35.7 Å². The largest absolute Gasteiger partial charge is 0.468 e. The van der Waals surface area contributed by atoms with Crippen LogP contribution in [0.25, 0.3) is 0 Å². The van der Waals surface area contributed by atoms with Crippen LogP contribution in [0.4, 0.5) is 0 Å². The number of nitrogens with zero attached hydrogens (tertiary/aromatic N) is 1. The van der Waals surface area contributed by atoms with E-state index in [2.05, 4.69) is 4.90 Å². The van der Waals surface area contributed by atoms with E-state index in [1.165, 1.54) is 7.11 Å². The highest BCUT2D eigenvalue weighted by atomic mass is 16.5. The van der Waals surface area contributed by atoms with Crippen LogP contribution in [0.3, 0.4) is 0 Å². The number of carbonyl (C=O) groups excluding carboxylic acids is 2. The third-order valence-corrected chi connectivity index (χ3v) is 3.66. The Morgan fingerprint density at radius 1 is 1.35 bits per heavy atom. The minimum Gasteiger partial charge on any atom is -0.468 e. The maximum atomic E-state index is 11.7. The number of nitrogens with two attached hydrogens (primary N) is 1. The van der Waals surface area contributed by atoms with E-state index in [1.54, 1.807) is 12.1 Å². The predicted octanol–water partition coefficient (Wildman–Crippen LogP) is 1.31. The first-order chi connectivity index (χ1) is 9.52. The first-order valence-corrected chi connectivity index (χ1v) is 6.75. The fraction of sp³-hybridized carbons (Fsp3) is 0.467. The quantitative estimate of drug-likeness (QED) is 0.795. The van der Waals surface area contributed by atoms with Gasteiger partial charge in [-0.25, -0.2) is 0 Å². The summed E-state index contributed by atoms with van der Waals surface area (Å²) in [5.41, 5.74) is 6.77. The van der Waals surface area contributed by atoms with E-state index in [-0.39, 0.29) is 12.0 Å². The average Bonchev–Trinajstić information content (AvgIpc) is 3.28. The smallest absolute Gasteiger partial charge is 0.322 e.